The third-order valence-electron chi connectivity index (χ3n) is 2.73. The molecular weight excluding hydrogens is 250 g/mol. The molecule has 4 nitrogen and oxygen atoms in total. The number of anilines is 1. The van der Waals surface area contributed by atoms with Crippen molar-refractivity contribution < 1.29 is 5.11 Å². The van der Waals surface area contributed by atoms with Gasteiger partial charge >= 0.3 is 0 Å². The molecule has 2 N–H and O–H groups in total. The van der Waals surface area contributed by atoms with Gasteiger partial charge in [-0.05, 0) is 43.1 Å². The minimum absolute atomic E-state index is 0.233. The van der Waals surface area contributed by atoms with E-state index >= 15 is 0 Å². The number of aromatic hydroxyl groups is 1. The molecule has 0 aliphatic rings. The van der Waals surface area contributed by atoms with Crippen LogP contribution < -0.4 is 5.32 Å². The third kappa shape index (κ3) is 2.90. The van der Waals surface area contributed by atoms with E-state index in [0.717, 1.165) is 22.6 Å². The van der Waals surface area contributed by atoms with Crippen molar-refractivity contribution >= 4 is 17.4 Å². The fourth-order valence-corrected chi connectivity index (χ4v) is 1.83. The van der Waals surface area contributed by atoms with Gasteiger partial charge in [0, 0.05) is 17.8 Å². The van der Waals surface area contributed by atoms with E-state index in [1.54, 1.807) is 18.2 Å². The summed E-state index contributed by atoms with van der Waals surface area (Å²) in [5.41, 5.74) is 2.80. The largest absolute Gasteiger partial charge is 0.508 e. The Hall–Kier alpha value is -1.81. The summed E-state index contributed by atoms with van der Waals surface area (Å²) in [6, 6.07) is 7.08. The summed E-state index contributed by atoms with van der Waals surface area (Å²) in [6.07, 6.45) is 0. The van der Waals surface area contributed by atoms with E-state index in [1.807, 2.05) is 19.9 Å². The standard InChI is InChI=1S/C13H14ClN3O/c1-8-9(2)16-13(14)17-12(8)15-7-10-4-3-5-11(18)6-10/h3-6,18H,7H2,1-2H3,(H,15,16,17). The normalized spacial score (nSPS) is 10.4. The molecular formula is C13H14ClN3O. The molecule has 2 rings (SSSR count). The highest BCUT2D eigenvalue weighted by molar-refractivity contribution is 6.28. The summed E-state index contributed by atoms with van der Waals surface area (Å²) >= 11 is 5.83. The van der Waals surface area contributed by atoms with Gasteiger partial charge in [0.05, 0.1) is 0 Å². The van der Waals surface area contributed by atoms with Crippen molar-refractivity contribution in [1.29, 1.82) is 0 Å². The van der Waals surface area contributed by atoms with Crippen LogP contribution in [-0.2, 0) is 6.54 Å². The van der Waals surface area contributed by atoms with Crippen molar-refractivity contribution in [1.82, 2.24) is 9.97 Å². The van der Waals surface area contributed by atoms with Crippen LogP contribution in [0.1, 0.15) is 16.8 Å². The molecule has 0 unspecified atom stereocenters. The lowest BCUT2D eigenvalue weighted by atomic mass is 10.2. The minimum Gasteiger partial charge on any atom is -0.508 e. The maximum Gasteiger partial charge on any atom is 0.224 e. The number of aryl methyl sites for hydroxylation is 1. The molecule has 1 aromatic carbocycles. The zero-order chi connectivity index (χ0) is 13.1. The number of rotatable bonds is 3. The van der Waals surface area contributed by atoms with Crippen LogP contribution in [0.4, 0.5) is 5.82 Å². The molecule has 0 atom stereocenters. The Morgan fingerprint density at radius 3 is 2.78 bits per heavy atom. The zero-order valence-corrected chi connectivity index (χ0v) is 11.0. The molecule has 1 aromatic heterocycles. The van der Waals surface area contributed by atoms with Crippen LogP contribution in [-0.4, -0.2) is 15.1 Å². The minimum atomic E-state index is 0.233. The van der Waals surface area contributed by atoms with Crippen LogP contribution in [0.2, 0.25) is 5.28 Å². The van der Waals surface area contributed by atoms with Crippen LogP contribution in [0, 0.1) is 13.8 Å². The zero-order valence-electron chi connectivity index (χ0n) is 10.2. The molecule has 0 radical (unpaired) electrons. The van der Waals surface area contributed by atoms with Gasteiger partial charge in [-0.3, -0.25) is 0 Å². The molecule has 1 heterocycles. The lowest BCUT2D eigenvalue weighted by molar-refractivity contribution is 0.474. The molecule has 0 aliphatic heterocycles. The Kier molecular flexibility index (Phi) is 3.67. The number of hydrogen-bond donors (Lipinski definition) is 2. The van der Waals surface area contributed by atoms with Crippen molar-refractivity contribution in [2.24, 2.45) is 0 Å². The van der Waals surface area contributed by atoms with E-state index in [9.17, 15) is 5.11 Å². The van der Waals surface area contributed by atoms with Gasteiger partial charge in [-0.1, -0.05) is 12.1 Å². The SMILES string of the molecule is Cc1nc(Cl)nc(NCc2cccc(O)c2)c1C. The first-order chi connectivity index (χ1) is 8.56. The van der Waals surface area contributed by atoms with Crippen molar-refractivity contribution in [2.45, 2.75) is 20.4 Å². The molecule has 0 fully saturated rings. The van der Waals surface area contributed by atoms with Gasteiger partial charge in [0.25, 0.3) is 0 Å². The summed E-state index contributed by atoms with van der Waals surface area (Å²) in [4.78, 5) is 8.23. The molecule has 0 aliphatic carbocycles. The first-order valence-corrected chi connectivity index (χ1v) is 5.96. The van der Waals surface area contributed by atoms with Crippen LogP contribution in [0.25, 0.3) is 0 Å². The predicted octanol–water partition coefficient (Wildman–Crippen LogP) is 3.06. The van der Waals surface area contributed by atoms with Crippen LogP contribution in [0.3, 0.4) is 0 Å². The maximum atomic E-state index is 9.38. The van der Waals surface area contributed by atoms with Gasteiger partial charge in [0.2, 0.25) is 5.28 Å². The molecule has 0 bridgehead atoms. The van der Waals surface area contributed by atoms with E-state index in [1.165, 1.54) is 0 Å². The number of aromatic nitrogens is 2. The molecule has 0 saturated heterocycles. The monoisotopic (exact) mass is 263 g/mol. The Labute approximate surface area is 111 Å². The average Bonchev–Trinajstić information content (AvgIpc) is 2.32. The molecule has 94 valence electrons. The first kappa shape index (κ1) is 12.6. The summed E-state index contributed by atoms with van der Waals surface area (Å²) in [7, 11) is 0. The van der Waals surface area contributed by atoms with Crippen LogP contribution in [0.15, 0.2) is 24.3 Å². The van der Waals surface area contributed by atoms with Gasteiger partial charge in [0.15, 0.2) is 0 Å². The summed E-state index contributed by atoms with van der Waals surface area (Å²) in [6.45, 7) is 4.40. The highest BCUT2D eigenvalue weighted by atomic mass is 35.5. The molecule has 18 heavy (non-hydrogen) atoms. The molecule has 2 aromatic rings. The number of phenolic OH excluding ortho intramolecular Hbond substituents is 1. The number of hydrogen-bond acceptors (Lipinski definition) is 4. The summed E-state index contributed by atoms with van der Waals surface area (Å²) < 4.78 is 0. The topological polar surface area (TPSA) is 58.0 Å². The molecule has 5 heteroatoms. The smallest absolute Gasteiger partial charge is 0.224 e. The van der Waals surface area contributed by atoms with E-state index in [-0.39, 0.29) is 11.0 Å². The summed E-state index contributed by atoms with van der Waals surface area (Å²) in [5, 5.41) is 12.8. The second kappa shape index (κ2) is 5.23. The van der Waals surface area contributed by atoms with E-state index in [0.29, 0.717) is 6.54 Å². The van der Waals surface area contributed by atoms with Crippen LogP contribution >= 0.6 is 11.6 Å². The van der Waals surface area contributed by atoms with Crippen molar-refractivity contribution in [3.63, 3.8) is 0 Å². The molecule has 0 amide bonds. The Bertz CT molecular complexity index is 572. The third-order valence-corrected chi connectivity index (χ3v) is 2.90. The van der Waals surface area contributed by atoms with Gasteiger partial charge < -0.3 is 10.4 Å². The van der Waals surface area contributed by atoms with Gasteiger partial charge in [-0.25, -0.2) is 9.97 Å². The fraction of sp³-hybridized carbons (Fsp3) is 0.231. The maximum absolute atomic E-state index is 9.38. The molecule has 0 spiro atoms. The average molecular weight is 264 g/mol. The fourth-order valence-electron chi connectivity index (χ4n) is 1.62. The Morgan fingerprint density at radius 1 is 1.28 bits per heavy atom. The first-order valence-electron chi connectivity index (χ1n) is 5.59. The Balaban J connectivity index is 2.15. The second-order valence-electron chi connectivity index (χ2n) is 4.08. The number of nitrogens with zero attached hydrogens (tertiary/aromatic N) is 2. The van der Waals surface area contributed by atoms with E-state index in [2.05, 4.69) is 15.3 Å². The van der Waals surface area contributed by atoms with E-state index in [4.69, 9.17) is 11.6 Å². The van der Waals surface area contributed by atoms with Crippen molar-refractivity contribution in [3.8, 4) is 5.75 Å². The second-order valence-corrected chi connectivity index (χ2v) is 4.41. The highest BCUT2D eigenvalue weighted by Crippen LogP contribution is 2.18. The lowest BCUT2D eigenvalue weighted by Gasteiger charge is -2.10. The van der Waals surface area contributed by atoms with Crippen molar-refractivity contribution in [2.75, 3.05) is 5.32 Å². The van der Waals surface area contributed by atoms with E-state index < -0.39 is 0 Å². The number of phenols is 1. The molecule has 0 saturated carbocycles. The summed E-state index contributed by atoms with van der Waals surface area (Å²) in [5.74, 6) is 0.971. The van der Waals surface area contributed by atoms with Gasteiger partial charge in [-0.15, -0.1) is 0 Å². The van der Waals surface area contributed by atoms with Gasteiger partial charge in [-0.2, -0.15) is 0 Å². The number of benzene rings is 1. The predicted molar refractivity (Wildman–Crippen MR) is 71.9 cm³/mol. The number of nitrogens with one attached hydrogen (secondary N) is 1. The number of halogens is 1. The highest BCUT2D eigenvalue weighted by Gasteiger charge is 2.06. The van der Waals surface area contributed by atoms with Crippen LogP contribution in [0.5, 0.6) is 5.75 Å². The lowest BCUT2D eigenvalue weighted by Crippen LogP contribution is -2.05. The quantitative estimate of drug-likeness (QED) is 0.836. The van der Waals surface area contributed by atoms with Gasteiger partial charge in [0.1, 0.15) is 11.6 Å². The van der Waals surface area contributed by atoms with Crippen molar-refractivity contribution in [3.05, 3.63) is 46.4 Å². The Morgan fingerprint density at radius 2 is 2.06 bits per heavy atom.